The van der Waals surface area contributed by atoms with Gasteiger partial charge in [-0.1, -0.05) is 29.8 Å². The Labute approximate surface area is 196 Å². The Morgan fingerprint density at radius 1 is 1.21 bits per heavy atom. The molecule has 0 aromatic heterocycles. The lowest BCUT2D eigenvalue weighted by atomic mass is 9.92. The van der Waals surface area contributed by atoms with Gasteiger partial charge in [-0.25, -0.2) is 4.79 Å². The van der Waals surface area contributed by atoms with Gasteiger partial charge in [-0.2, -0.15) is 0 Å². The highest BCUT2D eigenvalue weighted by molar-refractivity contribution is 6.33. The summed E-state index contributed by atoms with van der Waals surface area (Å²) in [5.41, 5.74) is 3.38. The summed E-state index contributed by atoms with van der Waals surface area (Å²) in [6.07, 6.45) is 0.586. The normalized spacial score (nSPS) is 17.7. The number of urea groups is 1. The first kappa shape index (κ1) is 22.8. The summed E-state index contributed by atoms with van der Waals surface area (Å²) in [5.74, 6) is -0.104. The van der Waals surface area contributed by atoms with Crippen LogP contribution in [0.4, 0.5) is 10.5 Å². The number of hydrogen-bond donors (Lipinski definition) is 2. The number of nitrogens with one attached hydrogen (secondary N) is 2. The van der Waals surface area contributed by atoms with E-state index in [0.29, 0.717) is 41.4 Å². The minimum absolute atomic E-state index is 0.0717. The SMILES string of the molecule is COc1c(NC(=O)NCc2ccc3c(c2)C(=O)N(C2CCC(=O)CC2=O)C3)ccc(C)c1Cl. The minimum atomic E-state index is -0.550. The Morgan fingerprint density at radius 2 is 2.00 bits per heavy atom. The van der Waals surface area contributed by atoms with Crippen LogP contribution in [0.25, 0.3) is 0 Å². The van der Waals surface area contributed by atoms with E-state index in [1.165, 1.54) is 7.11 Å². The number of Topliss-reactive ketones (excluding diaryl/α,β-unsaturated/α-hetero) is 2. The van der Waals surface area contributed by atoms with Crippen LogP contribution in [0.2, 0.25) is 5.02 Å². The van der Waals surface area contributed by atoms with Gasteiger partial charge in [0.1, 0.15) is 5.78 Å². The smallest absolute Gasteiger partial charge is 0.319 e. The molecule has 0 spiro atoms. The lowest BCUT2D eigenvalue weighted by Gasteiger charge is -2.29. The average molecular weight is 470 g/mol. The van der Waals surface area contributed by atoms with E-state index in [-0.39, 0.29) is 30.4 Å². The van der Waals surface area contributed by atoms with Crippen LogP contribution in [0.1, 0.15) is 46.3 Å². The van der Waals surface area contributed by atoms with E-state index in [0.717, 1.165) is 16.7 Å². The van der Waals surface area contributed by atoms with Crippen molar-refractivity contribution in [3.63, 3.8) is 0 Å². The number of anilines is 1. The molecule has 0 radical (unpaired) electrons. The molecule has 1 saturated carbocycles. The highest BCUT2D eigenvalue weighted by Gasteiger charge is 2.38. The molecule has 4 rings (SSSR count). The molecule has 1 fully saturated rings. The molecule has 9 heteroatoms. The first-order valence-corrected chi connectivity index (χ1v) is 11.0. The van der Waals surface area contributed by atoms with E-state index in [4.69, 9.17) is 16.3 Å². The Balaban J connectivity index is 1.40. The Bertz CT molecular complexity index is 1160. The number of methoxy groups -OCH3 is 1. The lowest BCUT2D eigenvalue weighted by Crippen LogP contribution is -2.44. The van der Waals surface area contributed by atoms with Gasteiger partial charge >= 0.3 is 6.03 Å². The molecule has 1 heterocycles. The number of ketones is 2. The first-order chi connectivity index (χ1) is 15.8. The Kier molecular flexibility index (Phi) is 6.37. The maximum Gasteiger partial charge on any atom is 0.319 e. The van der Waals surface area contributed by atoms with Crippen molar-refractivity contribution >= 4 is 40.8 Å². The highest BCUT2D eigenvalue weighted by atomic mass is 35.5. The topological polar surface area (TPSA) is 105 Å². The summed E-state index contributed by atoms with van der Waals surface area (Å²) >= 11 is 6.24. The molecule has 33 heavy (non-hydrogen) atoms. The van der Waals surface area contributed by atoms with Crippen molar-refractivity contribution in [2.45, 2.75) is 45.3 Å². The number of rotatable bonds is 5. The third-order valence-corrected chi connectivity index (χ3v) is 6.49. The number of ether oxygens (including phenoxy) is 1. The monoisotopic (exact) mass is 469 g/mol. The van der Waals surface area contributed by atoms with Crippen molar-refractivity contribution in [3.8, 4) is 5.75 Å². The quantitative estimate of drug-likeness (QED) is 0.651. The van der Waals surface area contributed by atoms with E-state index in [1.807, 2.05) is 19.1 Å². The molecule has 2 aliphatic rings. The fraction of sp³-hybridized carbons (Fsp3) is 0.333. The molecule has 0 bridgehead atoms. The van der Waals surface area contributed by atoms with Crippen LogP contribution < -0.4 is 15.4 Å². The van der Waals surface area contributed by atoms with Crippen molar-refractivity contribution in [3.05, 3.63) is 57.6 Å². The molecule has 2 aromatic rings. The van der Waals surface area contributed by atoms with Crippen LogP contribution >= 0.6 is 11.6 Å². The number of nitrogens with zero attached hydrogens (tertiary/aromatic N) is 1. The second-order valence-corrected chi connectivity index (χ2v) is 8.62. The molecule has 3 amide bonds. The Morgan fingerprint density at radius 3 is 2.73 bits per heavy atom. The Hall–Kier alpha value is -3.39. The number of hydrogen-bond acceptors (Lipinski definition) is 5. The molecule has 1 atom stereocenters. The predicted octanol–water partition coefficient (Wildman–Crippen LogP) is 3.63. The highest BCUT2D eigenvalue weighted by Crippen LogP contribution is 2.35. The van der Waals surface area contributed by atoms with E-state index in [2.05, 4.69) is 10.6 Å². The fourth-order valence-electron chi connectivity index (χ4n) is 4.22. The molecule has 0 saturated heterocycles. The number of amides is 3. The zero-order chi connectivity index (χ0) is 23.7. The van der Waals surface area contributed by atoms with Crippen molar-refractivity contribution in [1.82, 2.24) is 10.2 Å². The van der Waals surface area contributed by atoms with E-state index in [1.54, 1.807) is 23.1 Å². The standard InChI is InChI=1S/C24H24ClN3O5/c1-13-3-7-18(22(33-2)21(13)25)27-24(32)26-11-14-4-5-15-12-28(23(31)17(15)9-14)19-8-6-16(29)10-20(19)30/h3-5,7,9,19H,6,8,10-12H2,1-2H3,(H2,26,27,32). The second-order valence-electron chi connectivity index (χ2n) is 8.25. The van der Waals surface area contributed by atoms with Gasteiger partial charge in [-0.3, -0.25) is 14.4 Å². The van der Waals surface area contributed by atoms with Crippen molar-refractivity contribution in [1.29, 1.82) is 0 Å². The number of carbonyl (C=O) groups excluding carboxylic acids is 4. The van der Waals surface area contributed by atoms with Crippen molar-refractivity contribution in [2.24, 2.45) is 0 Å². The summed E-state index contributed by atoms with van der Waals surface area (Å²) in [6.45, 7) is 2.39. The third kappa shape index (κ3) is 4.57. The molecular weight excluding hydrogens is 446 g/mol. The summed E-state index contributed by atoms with van der Waals surface area (Å²) in [7, 11) is 1.48. The van der Waals surface area contributed by atoms with Gasteiger partial charge in [-0.05, 0) is 42.2 Å². The first-order valence-electron chi connectivity index (χ1n) is 10.6. The van der Waals surface area contributed by atoms with Crippen LogP contribution in [0.3, 0.4) is 0 Å². The van der Waals surface area contributed by atoms with Gasteiger partial charge < -0.3 is 20.3 Å². The second kappa shape index (κ2) is 9.23. The summed E-state index contributed by atoms with van der Waals surface area (Å²) in [6, 6.07) is 7.91. The van der Waals surface area contributed by atoms with E-state index in [9.17, 15) is 19.2 Å². The van der Waals surface area contributed by atoms with Crippen LogP contribution in [0.15, 0.2) is 30.3 Å². The zero-order valence-electron chi connectivity index (χ0n) is 18.4. The van der Waals surface area contributed by atoms with Gasteiger partial charge in [0.05, 0.1) is 30.3 Å². The average Bonchev–Trinajstić information content (AvgIpc) is 3.11. The van der Waals surface area contributed by atoms with Crippen LogP contribution in [-0.4, -0.2) is 41.6 Å². The number of fused-ring (bicyclic) bond motifs is 1. The number of halogens is 1. The molecule has 2 N–H and O–H groups in total. The fourth-order valence-corrected chi connectivity index (χ4v) is 4.46. The molecule has 1 unspecified atom stereocenters. The minimum Gasteiger partial charge on any atom is -0.493 e. The number of carbonyl (C=O) groups is 4. The summed E-state index contributed by atoms with van der Waals surface area (Å²) in [4.78, 5) is 50.7. The van der Waals surface area contributed by atoms with Crippen molar-refractivity contribution < 1.29 is 23.9 Å². The van der Waals surface area contributed by atoms with Gasteiger partial charge in [0.15, 0.2) is 11.5 Å². The summed E-state index contributed by atoms with van der Waals surface area (Å²) in [5, 5.41) is 5.91. The van der Waals surface area contributed by atoms with Crippen LogP contribution in [0, 0.1) is 6.92 Å². The zero-order valence-corrected chi connectivity index (χ0v) is 19.1. The van der Waals surface area contributed by atoms with Crippen molar-refractivity contribution in [2.75, 3.05) is 12.4 Å². The predicted molar refractivity (Wildman–Crippen MR) is 123 cm³/mol. The van der Waals surface area contributed by atoms with Gasteiger partial charge in [-0.15, -0.1) is 0 Å². The maximum atomic E-state index is 12.9. The van der Waals surface area contributed by atoms with Crippen LogP contribution in [0.5, 0.6) is 5.75 Å². The summed E-state index contributed by atoms with van der Waals surface area (Å²) < 4.78 is 5.30. The van der Waals surface area contributed by atoms with Gasteiger partial charge in [0.2, 0.25) is 0 Å². The van der Waals surface area contributed by atoms with E-state index >= 15 is 0 Å². The van der Waals surface area contributed by atoms with Gasteiger partial charge in [0.25, 0.3) is 5.91 Å². The third-order valence-electron chi connectivity index (χ3n) is 6.02. The van der Waals surface area contributed by atoms with E-state index < -0.39 is 12.1 Å². The largest absolute Gasteiger partial charge is 0.493 e. The number of aryl methyl sites for hydroxylation is 1. The molecule has 172 valence electrons. The molecule has 2 aromatic carbocycles. The molecular formula is C24H24ClN3O5. The number of benzene rings is 2. The van der Waals surface area contributed by atoms with Crippen LogP contribution in [-0.2, 0) is 22.7 Å². The molecule has 1 aliphatic carbocycles. The lowest BCUT2D eigenvalue weighted by molar-refractivity contribution is -0.133. The van der Waals surface area contributed by atoms with Gasteiger partial charge in [0, 0.05) is 25.1 Å². The molecule has 1 aliphatic heterocycles. The maximum absolute atomic E-state index is 12.9. The molecule has 8 nitrogen and oxygen atoms in total.